The molecule has 0 aliphatic heterocycles. The second kappa shape index (κ2) is 25.3. The lowest BCUT2D eigenvalue weighted by molar-refractivity contribution is -0.603. The van der Waals surface area contributed by atoms with Gasteiger partial charge in [-0.3, -0.25) is 0 Å². The number of aromatic amines is 1. The Hall–Kier alpha value is -4.40. The van der Waals surface area contributed by atoms with E-state index in [2.05, 4.69) is 139 Å². The summed E-state index contributed by atoms with van der Waals surface area (Å²) in [5, 5.41) is 4.66. The zero-order chi connectivity index (χ0) is 46.2. The molecule has 1 N–H and O–H groups in total. The van der Waals surface area contributed by atoms with Gasteiger partial charge in [0.2, 0.25) is 0 Å². The number of para-hydroxylation sites is 2. The number of hydrogen-bond donors (Lipinski definition) is 1. The van der Waals surface area contributed by atoms with Crippen LogP contribution in [0.5, 0.6) is 0 Å². The SMILES string of the molecule is CCCCCCc1cc(-c2sccc2CCCCCC)sc1-c1cc(/C=C/c2cc[n+](-c3nc4ccccc4[nH]3)cc2)cc(-c2sc(-c3sccc3CCCCCC)cc2CCCCCC)c1. The number of thiophene rings is 4. The van der Waals surface area contributed by atoms with Gasteiger partial charge in [-0.05, 0) is 173 Å². The van der Waals surface area contributed by atoms with Crippen molar-refractivity contribution in [3.05, 3.63) is 135 Å². The molecule has 0 aliphatic rings. The molecular weight excluding hydrogens is 891 g/mol. The van der Waals surface area contributed by atoms with Crippen molar-refractivity contribution in [1.29, 1.82) is 0 Å². The Morgan fingerprint density at radius 1 is 0.478 bits per heavy atom. The molecule has 0 atom stereocenters. The summed E-state index contributed by atoms with van der Waals surface area (Å²) in [6, 6.07) is 30.1. The number of hydrogen-bond acceptors (Lipinski definition) is 5. The number of pyridine rings is 1. The highest BCUT2D eigenvalue weighted by atomic mass is 32.1. The van der Waals surface area contributed by atoms with E-state index in [1.54, 1.807) is 0 Å². The minimum absolute atomic E-state index is 0.827. The molecule has 2 aromatic carbocycles. The van der Waals surface area contributed by atoms with E-state index in [0.717, 1.165) is 35.4 Å². The van der Waals surface area contributed by atoms with Crippen LogP contribution < -0.4 is 4.57 Å². The van der Waals surface area contributed by atoms with Gasteiger partial charge in [-0.25, -0.2) is 9.55 Å². The average Bonchev–Trinajstić information content (AvgIpc) is 4.22. The number of unbranched alkanes of at least 4 members (excludes halogenated alkanes) is 12. The Morgan fingerprint density at radius 2 is 0.955 bits per heavy atom. The van der Waals surface area contributed by atoms with Gasteiger partial charge in [-0.1, -0.05) is 134 Å². The van der Waals surface area contributed by atoms with Crippen LogP contribution in [0, 0.1) is 0 Å². The lowest BCUT2D eigenvalue weighted by atomic mass is 9.96. The molecule has 350 valence electrons. The molecule has 0 bridgehead atoms. The maximum atomic E-state index is 4.83. The molecule has 0 unspecified atom stereocenters. The quantitative estimate of drug-likeness (QED) is 0.0404. The Balaban J connectivity index is 1.20. The first kappa shape index (κ1) is 49.0. The molecule has 8 aromatic rings. The van der Waals surface area contributed by atoms with Crippen LogP contribution in [0.3, 0.4) is 0 Å². The van der Waals surface area contributed by atoms with E-state index >= 15 is 0 Å². The molecule has 67 heavy (non-hydrogen) atoms. The zero-order valence-corrected chi connectivity index (χ0v) is 43.9. The van der Waals surface area contributed by atoms with E-state index in [4.69, 9.17) is 4.98 Å². The van der Waals surface area contributed by atoms with E-state index in [1.165, 1.54) is 184 Å². The van der Waals surface area contributed by atoms with Gasteiger partial charge in [0, 0.05) is 29.3 Å². The topological polar surface area (TPSA) is 32.6 Å². The number of nitrogens with one attached hydrogen (secondary N) is 1. The average molecular weight is 964 g/mol. The summed E-state index contributed by atoms with van der Waals surface area (Å²) in [5.74, 6) is 0.827. The first-order valence-electron chi connectivity index (χ1n) is 25.7. The molecule has 6 aromatic heterocycles. The van der Waals surface area contributed by atoms with Crippen molar-refractivity contribution in [3.8, 4) is 46.3 Å². The fourth-order valence-corrected chi connectivity index (χ4v) is 14.0. The van der Waals surface area contributed by atoms with Gasteiger partial charge < -0.3 is 0 Å². The van der Waals surface area contributed by atoms with Gasteiger partial charge in [0.1, 0.15) is 5.52 Å². The van der Waals surface area contributed by atoms with Crippen molar-refractivity contribution in [2.75, 3.05) is 0 Å². The molecule has 0 saturated heterocycles. The molecule has 7 heteroatoms. The molecule has 0 amide bonds. The molecule has 3 nitrogen and oxygen atoms in total. The molecular formula is C60H72N3S4+. The third-order valence-corrected chi connectivity index (χ3v) is 17.9. The number of aryl methyl sites for hydroxylation is 4. The van der Waals surface area contributed by atoms with Crippen LogP contribution in [0.1, 0.15) is 164 Å². The Labute approximate surface area is 418 Å². The maximum Gasteiger partial charge on any atom is 0.401 e. The Bertz CT molecular complexity index is 2610. The number of nitrogens with zero attached hydrogens (tertiary/aromatic N) is 2. The van der Waals surface area contributed by atoms with Gasteiger partial charge in [-0.2, -0.15) is 0 Å². The summed E-state index contributed by atoms with van der Waals surface area (Å²) in [4.78, 5) is 17.1. The van der Waals surface area contributed by atoms with E-state index in [-0.39, 0.29) is 0 Å². The van der Waals surface area contributed by atoms with Crippen molar-refractivity contribution in [2.45, 2.75) is 156 Å². The fraction of sp³-hybridized carbons (Fsp3) is 0.400. The van der Waals surface area contributed by atoms with Gasteiger partial charge in [0.25, 0.3) is 0 Å². The third kappa shape index (κ3) is 13.0. The smallest absolute Gasteiger partial charge is 0.238 e. The first-order valence-corrected chi connectivity index (χ1v) is 29.1. The first-order chi connectivity index (χ1) is 33.0. The van der Waals surface area contributed by atoms with Gasteiger partial charge in [-0.15, -0.1) is 45.3 Å². The summed E-state index contributed by atoms with van der Waals surface area (Å²) < 4.78 is 2.07. The van der Waals surface area contributed by atoms with Crippen molar-refractivity contribution in [1.82, 2.24) is 9.97 Å². The number of fused-ring (bicyclic) bond motifs is 1. The normalized spacial score (nSPS) is 11.8. The van der Waals surface area contributed by atoms with Crippen LogP contribution in [-0.4, -0.2) is 9.97 Å². The lowest BCUT2D eigenvalue weighted by Crippen LogP contribution is -2.30. The standard InChI is InChI=1S/C60H72N3S4/c1-5-9-13-17-23-46-33-37-64-58(46)54-42-48(25-19-15-11-7-3)56(66-54)50-39-45(30-29-44-31-35-63(36-32-44)60-61-52-27-21-22-28-53(52)62-60)40-51(41-50)57-49(26-20-16-12-8-4)43-55(67-57)59-47(34-38-65-59)24-18-14-10-6-2/h21-22,27-43H,5-20,23-26H2,1-4H3,(H,61,62)/q+1/b30-29+. The fourth-order valence-electron chi connectivity index (χ4n) is 9.36. The summed E-state index contributed by atoms with van der Waals surface area (Å²) in [5.41, 5.74) is 13.3. The summed E-state index contributed by atoms with van der Waals surface area (Å²) in [6.07, 6.45) is 34.0. The number of imidazole rings is 1. The number of benzene rings is 2. The lowest BCUT2D eigenvalue weighted by Gasteiger charge is -2.11. The molecule has 0 spiro atoms. The molecule has 8 rings (SSSR count). The van der Waals surface area contributed by atoms with Crippen LogP contribution in [0.2, 0.25) is 0 Å². The summed E-state index contributed by atoms with van der Waals surface area (Å²) in [7, 11) is 0. The molecule has 0 radical (unpaired) electrons. The highest BCUT2D eigenvalue weighted by Gasteiger charge is 2.21. The molecule has 0 saturated carbocycles. The maximum absolute atomic E-state index is 4.83. The highest BCUT2D eigenvalue weighted by Crippen LogP contribution is 2.47. The predicted octanol–water partition coefficient (Wildman–Crippen LogP) is 19.4. The second-order valence-corrected chi connectivity index (χ2v) is 22.5. The van der Waals surface area contributed by atoms with Crippen molar-refractivity contribution < 1.29 is 4.57 Å². The second-order valence-electron chi connectivity index (χ2n) is 18.5. The monoisotopic (exact) mass is 962 g/mol. The Morgan fingerprint density at radius 3 is 1.45 bits per heavy atom. The van der Waals surface area contributed by atoms with Gasteiger partial charge in [0.15, 0.2) is 5.52 Å². The van der Waals surface area contributed by atoms with E-state index < -0.39 is 0 Å². The van der Waals surface area contributed by atoms with Gasteiger partial charge >= 0.3 is 5.95 Å². The van der Waals surface area contributed by atoms with Crippen LogP contribution in [0.25, 0.3) is 69.5 Å². The number of H-pyrrole nitrogens is 1. The van der Waals surface area contributed by atoms with E-state index in [9.17, 15) is 0 Å². The van der Waals surface area contributed by atoms with Crippen molar-refractivity contribution in [2.24, 2.45) is 0 Å². The van der Waals surface area contributed by atoms with Crippen LogP contribution in [-0.2, 0) is 25.7 Å². The number of rotatable bonds is 27. The van der Waals surface area contributed by atoms with Crippen molar-refractivity contribution >= 4 is 68.5 Å². The minimum atomic E-state index is 0.827. The molecule has 0 fully saturated rings. The molecule has 0 aliphatic carbocycles. The Kier molecular flexibility index (Phi) is 18.5. The van der Waals surface area contributed by atoms with E-state index in [0.29, 0.717) is 0 Å². The molecule has 6 heterocycles. The number of aromatic nitrogens is 3. The van der Waals surface area contributed by atoms with Gasteiger partial charge in [0.05, 0.1) is 12.4 Å². The highest BCUT2D eigenvalue weighted by molar-refractivity contribution is 7.24. The summed E-state index contributed by atoms with van der Waals surface area (Å²) in [6.45, 7) is 9.26. The minimum Gasteiger partial charge on any atom is -0.238 e. The van der Waals surface area contributed by atoms with Crippen LogP contribution in [0.15, 0.2) is 102 Å². The van der Waals surface area contributed by atoms with Crippen molar-refractivity contribution in [3.63, 3.8) is 0 Å². The van der Waals surface area contributed by atoms with Crippen LogP contribution in [0.4, 0.5) is 0 Å². The summed E-state index contributed by atoms with van der Waals surface area (Å²) >= 11 is 7.96. The largest absolute Gasteiger partial charge is 0.401 e. The van der Waals surface area contributed by atoms with E-state index in [1.807, 2.05) is 57.5 Å². The van der Waals surface area contributed by atoms with Crippen LogP contribution >= 0.6 is 45.3 Å². The zero-order valence-electron chi connectivity index (χ0n) is 40.6. The third-order valence-electron chi connectivity index (χ3n) is 13.2. The predicted molar refractivity (Wildman–Crippen MR) is 298 cm³/mol.